The number of rotatable bonds is 12. The van der Waals surface area contributed by atoms with E-state index in [4.69, 9.17) is 9.47 Å². The summed E-state index contributed by atoms with van der Waals surface area (Å²) in [5, 5.41) is 20.7. The molecule has 74 heavy (non-hydrogen) atoms. The summed E-state index contributed by atoms with van der Waals surface area (Å²) in [6, 6.07) is 18.2. The topological polar surface area (TPSA) is 99.5 Å². The summed E-state index contributed by atoms with van der Waals surface area (Å²) in [7, 11) is 0. The fourth-order valence-corrected chi connectivity index (χ4v) is 14.4. The summed E-state index contributed by atoms with van der Waals surface area (Å²) in [5.41, 5.74) is 0.650. The third-order valence-corrected chi connectivity index (χ3v) is 18.1. The van der Waals surface area contributed by atoms with Crippen molar-refractivity contribution >= 4 is 33.5 Å². The number of hydrogen-bond acceptors (Lipinski definition) is 6. The first-order valence-electron chi connectivity index (χ1n) is 27.9. The van der Waals surface area contributed by atoms with E-state index in [9.17, 15) is 46.1 Å². The molecular formula is C60H76F6N2O6. The van der Waals surface area contributed by atoms with Crippen LogP contribution in [0.5, 0.6) is 11.5 Å². The lowest BCUT2D eigenvalue weighted by Gasteiger charge is -2.51. The van der Waals surface area contributed by atoms with Gasteiger partial charge < -0.3 is 19.7 Å². The third kappa shape index (κ3) is 11.7. The number of hydrogen-bond donors (Lipinski definition) is 2. The number of piperidine rings is 4. The molecule has 0 amide bonds. The molecule has 0 spiro atoms. The lowest BCUT2D eigenvalue weighted by Crippen LogP contribution is -2.54. The van der Waals surface area contributed by atoms with Crippen molar-refractivity contribution in [3.05, 3.63) is 82.9 Å². The molecule has 14 heteroatoms. The van der Waals surface area contributed by atoms with E-state index < -0.39 is 35.4 Å². The molecule has 6 aliphatic rings. The van der Waals surface area contributed by atoms with E-state index >= 15 is 0 Å². The smallest absolute Gasteiger partial charge is 0.420 e. The van der Waals surface area contributed by atoms with Crippen LogP contribution in [0, 0.1) is 23.7 Å². The molecule has 4 bridgehead atoms. The van der Waals surface area contributed by atoms with Crippen LogP contribution >= 0.6 is 0 Å². The van der Waals surface area contributed by atoms with Gasteiger partial charge in [0.2, 0.25) is 0 Å². The van der Waals surface area contributed by atoms with Crippen molar-refractivity contribution in [2.45, 2.75) is 217 Å². The first kappa shape index (κ1) is 54.2. The number of carboxylic acid groups (broad SMARTS) is 2. The van der Waals surface area contributed by atoms with Crippen LogP contribution in [-0.2, 0) is 21.9 Å². The maximum Gasteiger partial charge on any atom is 0.420 e. The molecule has 0 radical (unpaired) electrons. The maximum absolute atomic E-state index is 14.3. The number of fused-ring (bicyclic) bond motifs is 6. The highest BCUT2D eigenvalue weighted by Gasteiger charge is 2.46. The van der Waals surface area contributed by atoms with Crippen LogP contribution in [0.4, 0.5) is 26.3 Å². The number of nitrogens with zero attached hydrogens (tertiary/aromatic N) is 2. The van der Waals surface area contributed by atoms with Crippen molar-refractivity contribution in [1.82, 2.24) is 9.80 Å². The molecule has 404 valence electrons. The summed E-state index contributed by atoms with van der Waals surface area (Å²) in [4.78, 5) is 28.4. The van der Waals surface area contributed by atoms with Gasteiger partial charge in [-0.05, 0) is 184 Å². The van der Waals surface area contributed by atoms with Crippen molar-refractivity contribution in [3.63, 3.8) is 0 Å². The first-order chi connectivity index (χ1) is 35.3. The zero-order chi connectivity index (χ0) is 52.6. The van der Waals surface area contributed by atoms with Gasteiger partial charge in [-0.3, -0.25) is 19.4 Å². The van der Waals surface area contributed by atoms with E-state index in [1.54, 1.807) is 24.3 Å². The summed E-state index contributed by atoms with van der Waals surface area (Å²) in [6.07, 6.45) is 8.02. The Labute approximate surface area is 432 Å². The Balaban J connectivity index is 0.000000182. The van der Waals surface area contributed by atoms with Gasteiger partial charge in [0.25, 0.3) is 0 Å². The summed E-state index contributed by atoms with van der Waals surface area (Å²) >= 11 is 0. The molecular weight excluding hydrogens is 959 g/mol. The first-order valence-corrected chi connectivity index (χ1v) is 27.9. The number of benzene rings is 4. The van der Waals surface area contributed by atoms with Gasteiger partial charge in [-0.2, -0.15) is 26.3 Å². The van der Waals surface area contributed by atoms with E-state index in [0.717, 1.165) is 114 Å². The number of alkyl halides is 6. The Bertz CT molecular complexity index is 2400. The van der Waals surface area contributed by atoms with Crippen LogP contribution in [0.3, 0.4) is 0 Å². The highest BCUT2D eigenvalue weighted by molar-refractivity contribution is 5.90. The Morgan fingerprint density at radius 2 is 0.865 bits per heavy atom. The molecule has 2 aliphatic carbocycles. The Morgan fingerprint density at radius 3 is 1.16 bits per heavy atom. The van der Waals surface area contributed by atoms with E-state index in [0.29, 0.717) is 48.3 Å². The van der Waals surface area contributed by atoms with Crippen molar-refractivity contribution in [2.75, 3.05) is 0 Å². The average Bonchev–Trinajstić information content (AvgIpc) is 3.35. The molecule has 10 rings (SSSR count). The zero-order valence-corrected chi connectivity index (χ0v) is 43.5. The molecule has 4 aliphatic heterocycles. The number of halogens is 6. The second-order valence-corrected chi connectivity index (χ2v) is 23.1. The maximum atomic E-state index is 14.3. The van der Waals surface area contributed by atoms with E-state index in [2.05, 4.69) is 37.5 Å². The summed E-state index contributed by atoms with van der Waals surface area (Å²) in [5.74, 6) is -0.974. The molecule has 4 aromatic carbocycles. The van der Waals surface area contributed by atoms with Gasteiger partial charge in [0, 0.05) is 36.3 Å². The quantitative estimate of drug-likeness (QED) is 0.135. The lowest BCUT2D eigenvalue weighted by atomic mass is 9.76. The molecule has 4 aromatic rings. The lowest BCUT2D eigenvalue weighted by molar-refractivity contribution is -0.148. The molecule has 6 fully saturated rings. The summed E-state index contributed by atoms with van der Waals surface area (Å²) < 4.78 is 97.9. The van der Waals surface area contributed by atoms with Gasteiger partial charge in [-0.1, -0.05) is 76.9 Å². The van der Waals surface area contributed by atoms with Gasteiger partial charge in [-0.25, -0.2) is 0 Å². The Morgan fingerprint density at radius 1 is 0.527 bits per heavy atom. The minimum absolute atomic E-state index is 0.0592. The molecule has 6 atom stereocenters. The standard InChI is InChI=1S/2C30H38F3NO3/c2*1-3-26(34-22-5-4-6-23(34)17-21(16-22)29(35)36)20-9-13-25-19(15-20)10-14-27(28(25)30(31,32)33)37-24-11-7-18(2)8-12-24/h2*9-10,13-15,18,21-24,26H,3-8,11-12,16-17H2,1-2H3,(H,35,36)/t2*18?,21?,22?,23?,24?,26-/m10/s1. The van der Waals surface area contributed by atoms with E-state index in [1.165, 1.54) is 12.1 Å². The average molecular weight is 1040 g/mol. The summed E-state index contributed by atoms with van der Waals surface area (Å²) in [6.45, 7) is 8.57. The monoisotopic (exact) mass is 1030 g/mol. The normalized spacial score (nSPS) is 29.7. The predicted molar refractivity (Wildman–Crippen MR) is 275 cm³/mol. The highest BCUT2D eigenvalue weighted by atomic mass is 19.4. The van der Waals surface area contributed by atoms with Crippen LogP contribution in [0.1, 0.15) is 190 Å². The van der Waals surface area contributed by atoms with Crippen LogP contribution in [0.2, 0.25) is 0 Å². The fourth-order valence-electron chi connectivity index (χ4n) is 14.4. The number of ether oxygens (including phenoxy) is 2. The fraction of sp³-hybridized carbons (Fsp3) is 0.633. The SMILES string of the molecule is CC[C@@H](c1ccc2c(C(F)(F)F)c(OC3CCC(C)CC3)ccc2c1)N1C2CCCC1CC(C(=O)O)C2.CC[C@H](c1ccc2c(C(F)(F)F)c(OC3CCC(C)CC3)ccc2c1)N1C2CCCC1CC(C(=O)O)C2. The van der Waals surface area contributed by atoms with Crippen molar-refractivity contribution in [1.29, 1.82) is 0 Å². The van der Waals surface area contributed by atoms with Crippen LogP contribution in [0.15, 0.2) is 60.7 Å². The van der Waals surface area contributed by atoms with Gasteiger partial charge >= 0.3 is 24.3 Å². The molecule has 2 saturated carbocycles. The largest absolute Gasteiger partial charge is 0.490 e. The van der Waals surface area contributed by atoms with Crippen molar-refractivity contribution < 1.29 is 55.6 Å². The van der Waals surface area contributed by atoms with Gasteiger partial charge in [0.15, 0.2) is 0 Å². The Hall–Kier alpha value is -4.56. The van der Waals surface area contributed by atoms with Gasteiger partial charge in [0.05, 0.1) is 24.0 Å². The van der Waals surface area contributed by atoms with Crippen molar-refractivity contribution in [2.24, 2.45) is 23.7 Å². The minimum Gasteiger partial charge on any atom is -0.490 e. The predicted octanol–water partition coefficient (Wildman–Crippen LogP) is 16.0. The molecule has 2 N–H and O–H groups in total. The van der Waals surface area contributed by atoms with Crippen molar-refractivity contribution in [3.8, 4) is 11.5 Å². The van der Waals surface area contributed by atoms with Crippen LogP contribution in [-0.4, -0.2) is 68.3 Å². The second-order valence-electron chi connectivity index (χ2n) is 23.1. The van der Waals surface area contributed by atoms with Crippen LogP contribution < -0.4 is 9.47 Å². The number of carbonyl (C=O) groups is 2. The zero-order valence-electron chi connectivity index (χ0n) is 43.5. The molecule has 4 heterocycles. The van der Waals surface area contributed by atoms with E-state index in [-0.39, 0.29) is 82.6 Å². The second kappa shape index (κ2) is 22.6. The molecule has 8 nitrogen and oxygen atoms in total. The Kier molecular flexibility index (Phi) is 16.5. The molecule has 4 saturated heterocycles. The molecule has 4 unspecified atom stereocenters. The van der Waals surface area contributed by atoms with Gasteiger partial charge in [0.1, 0.15) is 22.6 Å². The number of carboxylic acids is 2. The number of aliphatic carboxylic acids is 2. The molecule has 0 aromatic heterocycles. The van der Waals surface area contributed by atoms with E-state index in [1.807, 2.05) is 24.3 Å². The highest BCUT2D eigenvalue weighted by Crippen LogP contribution is 2.49. The van der Waals surface area contributed by atoms with Gasteiger partial charge in [-0.15, -0.1) is 0 Å². The minimum atomic E-state index is -4.52. The van der Waals surface area contributed by atoms with Crippen LogP contribution in [0.25, 0.3) is 21.5 Å². The third-order valence-electron chi connectivity index (χ3n) is 18.1.